The average molecular weight is 475 g/mol. The number of imidazole rings is 1. The van der Waals surface area contributed by atoms with E-state index < -0.39 is 5.54 Å². The van der Waals surface area contributed by atoms with Crippen LogP contribution in [-0.2, 0) is 17.9 Å². The van der Waals surface area contributed by atoms with Crippen molar-refractivity contribution < 1.29 is 14.3 Å². The highest BCUT2D eigenvalue weighted by atomic mass is 16.5. The first kappa shape index (κ1) is 23.4. The standard InChI is InChI=1S/C28H34N4O3/c1-18-9-7-13-22(19(18)2)30-27(34)28(3)17-31-24-14-6-5-12-23(24)29-25(31)26(33)32(28)16-20-10-8-11-21(15-20)35-4/h5-6,8,10-12,14-15,18-19,22H,7,9,13,16-17H2,1-4H3,(H,30,34)/t18-,19-,22-,28-/m1/s1. The molecule has 2 heterocycles. The van der Waals surface area contributed by atoms with Crippen molar-refractivity contribution in [3.63, 3.8) is 0 Å². The lowest BCUT2D eigenvalue weighted by molar-refractivity contribution is -0.134. The van der Waals surface area contributed by atoms with E-state index in [9.17, 15) is 9.59 Å². The van der Waals surface area contributed by atoms with Gasteiger partial charge in [-0.1, -0.05) is 51.0 Å². The monoisotopic (exact) mass is 474 g/mol. The summed E-state index contributed by atoms with van der Waals surface area (Å²) in [6.45, 7) is 7.00. The third-order valence-electron chi connectivity index (χ3n) is 8.14. The molecule has 0 unspecified atom stereocenters. The second-order valence-electron chi connectivity index (χ2n) is 10.4. The largest absolute Gasteiger partial charge is 0.497 e. The number of para-hydroxylation sites is 2. The maximum absolute atomic E-state index is 14.0. The molecule has 35 heavy (non-hydrogen) atoms. The Balaban J connectivity index is 1.54. The van der Waals surface area contributed by atoms with Crippen LogP contribution in [-0.4, -0.2) is 45.0 Å². The van der Waals surface area contributed by atoms with Crippen LogP contribution in [0.5, 0.6) is 5.75 Å². The second kappa shape index (κ2) is 9.02. The Morgan fingerprint density at radius 3 is 2.77 bits per heavy atom. The first-order valence-corrected chi connectivity index (χ1v) is 12.5. The number of aromatic nitrogens is 2. The maximum Gasteiger partial charge on any atom is 0.291 e. The average Bonchev–Trinajstić information content (AvgIpc) is 3.23. The summed E-state index contributed by atoms with van der Waals surface area (Å²) in [5.74, 6) is 1.70. The predicted octanol–water partition coefficient (Wildman–Crippen LogP) is 4.40. The van der Waals surface area contributed by atoms with Crippen LogP contribution in [0, 0.1) is 11.8 Å². The van der Waals surface area contributed by atoms with E-state index in [2.05, 4.69) is 24.1 Å². The van der Waals surface area contributed by atoms with E-state index in [1.54, 1.807) is 12.0 Å². The number of benzene rings is 2. The number of nitrogens with one attached hydrogen (secondary N) is 1. The molecule has 0 saturated heterocycles. The van der Waals surface area contributed by atoms with Gasteiger partial charge in [-0.05, 0) is 55.0 Å². The predicted molar refractivity (Wildman–Crippen MR) is 135 cm³/mol. The molecule has 1 N–H and O–H groups in total. The Kier molecular flexibility index (Phi) is 6.03. The number of rotatable bonds is 5. The van der Waals surface area contributed by atoms with Gasteiger partial charge in [0.2, 0.25) is 5.91 Å². The highest BCUT2D eigenvalue weighted by Gasteiger charge is 2.49. The molecular formula is C28H34N4O3. The quantitative estimate of drug-likeness (QED) is 0.595. The Morgan fingerprint density at radius 2 is 1.97 bits per heavy atom. The minimum Gasteiger partial charge on any atom is -0.497 e. The molecule has 1 aromatic heterocycles. The number of amides is 2. The fraction of sp³-hybridized carbons (Fsp3) is 0.464. The van der Waals surface area contributed by atoms with E-state index in [1.165, 1.54) is 6.42 Å². The first-order chi connectivity index (χ1) is 16.8. The molecule has 5 rings (SSSR count). The van der Waals surface area contributed by atoms with Gasteiger partial charge in [0.25, 0.3) is 5.91 Å². The van der Waals surface area contributed by atoms with Crippen LogP contribution in [0.1, 0.15) is 56.2 Å². The highest BCUT2D eigenvalue weighted by molar-refractivity contribution is 6.01. The zero-order chi connectivity index (χ0) is 24.7. The lowest BCUT2D eigenvalue weighted by Gasteiger charge is -2.45. The van der Waals surface area contributed by atoms with Crippen molar-refractivity contribution in [1.29, 1.82) is 0 Å². The summed E-state index contributed by atoms with van der Waals surface area (Å²) in [6.07, 6.45) is 3.27. The summed E-state index contributed by atoms with van der Waals surface area (Å²) in [4.78, 5) is 34.2. The number of methoxy groups -OCH3 is 1. The number of hydrogen-bond acceptors (Lipinski definition) is 4. The third-order valence-corrected chi connectivity index (χ3v) is 8.14. The zero-order valence-electron chi connectivity index (χ0n) is 21.0. The Hall–Kier alpha value is -3.35. The normalized spacial score (nSPS) is 26.5. The lowest BCUT2D eigenvalue weighted by Crippen LogP contribution is -2.65. The van der Waals surface area contributed by atoms with E-state index in [-0.39, 0.29) is 17.9 Å². The molecule has 1 aliphatic heterocycles. The minimum absolute atomic E-state index is 0.108. The number of carbonyl (C=O) groups excluding carboxylic acids is 2. The molecule has 1 aliphatic carbocycles. The Morgan fingerprint density at radius 1 is 1.17 bits per heavy atom. The van der Waals surface area contributed by atoms with Crippen molar-refractivity contribution in [3.8, 4) is 5.75 Å². The molecule has 184 valence electrons. The van der Waals surface area contributed by atoms with E-state index >= 15 is 0 Å². The van der Waals surface area contributed by atoms with Crippen LogP contribution in [0.4, 0.5) is 0 Å². The van der Waals surface area contributed by atoms with Gasteiger partial charge in [-0.2, -0.15) is 0 Å². The Labute approximate surface area is 206 Å². The van der Waals surface area contributed by atoms with Crippen molar-refractivity contribution in [2.24, 2.45) is 11.8 Å². The SMILES string of the molecule is COc1cccc(CN2C(=O)c3nc4ccccc4n3C[C@]2(C)C(=O)N[C@@H]2CCC[C@@H](C)[C@H]2C)c1. The molecule has 1 saturated carbocycles. The zero-order valence-corrected chi connectivity index (χ0v) is 21.0. The van der Waals surface area contributed by atoms with Crippen molar-refractivity contribution in [2.75, 3.05) is 7.11 Å². The first-order valence-electron chi connectivity index (χ1n) is 12.5. The fourth-order valence-electron chi connectivity index (χ4n) is 5.64. The molecule has 7 heteroatoms. The topological polar surface area (TPSA) is 76.5 Å². The summed E-state index contributed by atoms with van der Waals surface area (Å²) in [5.41, 5.74) is 1.46. The van der Waals surface area contributed by atoms with Crippen LogP contribution in [0.3, 0.4) is 0 Å². The van der Waals surface area contributed by atoms with Crippen LogP contribution in [0.15, 0.2) is 48.5 Å². The van der Waals surface area contributed by atoms with Crippen molar-refractivity contribution in [1.82, 2.24) is 19.8 Å². The molecule has 0 spiro atoms. The fourth-order valence-corrected chi connectivity index (χ4v) is 5.64. The molecule has 2 amide bonds. The van der Waals surface area contributed by atoms with Gasteiger partial charge in [-0.25, -0.2) is 4.98 Å². The van der Waals surface area contributed by atoms with Gasteiger partial charge >= 0.3 is 0 Å². The summed E-state index contributed by atoms with van der Waals surface area (Å²) in [5, 5.41) is 3.35. The molecule has 7 nitrogen and oxygen atoms in total. The minimum atomic E-state index is -1.07. The van der Waals surface area contributed by atoms with Crippen molar-refractivity contribution >= 4 is 22.8 Å². The van der Waals surface area contributed by atoms with Gasteiger partial charge < -0.3 is 19.5 Å². The van der Waals surface area contributed by atoms with E-state index in [1.807, 2.05) is 60.0 Å². The van der Waals surface area contributed by atoms with Crippen LogP contribution < -0.4 is 10.1 Å². The summed E-state index contributed by atoms with van der Waals surface area (Å²) >= 11 is 0. The molecule has 2 aromatic carbocycles. The number of carbonyl (C=O) groups is 2. The molecular weight excluding hydrogens is 440 g/mol. The summed E-state index contributed by atoms with van der Waals surface area (Å²) in [6, 6.07) is 15.5. The molecule has 2 aliphatic rings. The lowest BCUT2D eigenvalue weighted by atomic mass is 9.77. The van der Waals surface area contributed by atoms with E-state index in [0.717, 1.165) is 35.2 Å². The molecule has 1 fully saturated rings. The third kappa shape index (κ3) is 4.07. The van der Waals surface area contributed by atoms with Crippen molar-refractivity contribution in [2.45, 2.75) is 64.7 Å². The van der Waals surface area contributed by atoms with Crippen LogP contribution >= 0.6 is 0 Å². The Bertz CT molecular complexity index is 1270. The molecule has 4 atom stereocenters. The second-order valence-corrected chi connectivity index (χ2v) is 10.4. The van der Waals surface area contributed by atoms with Gasteiger partial charge in [-0.3, -0.25) is 9.59 Å². The van der Waals surface area contributed by atoms with Gasteiger partial charge in [0.1, 0.15) is 11.3 Å². The van der Waals surface area contributed by atoms with Crippen LogP contribution in [0.2, 0.25) is 0 Å². The van der Waals surface area contributed by atoms with Crippen molar-refractivity contribution in [3.05, 3.63) is 59.9 Å². The van der Waals surface area contributed by atoms with Gasteiger partial charge in [-0.15, -0.1) is 0 Å². The summed E-state index contributed by atoms with van der Waals surface area (Å²) in [7, 11) is 1.62. The van der Waals surface area contributed by atoms with Gasteiger partial charge in [0.15, 0.2) is 5.82 Å². The molecule has 0 bridgehead atoms. The number of hydrogen-bond donors (Lipinski definition) is 1. The number of fused-ring (bicyclic) bond motifs is 3. The van der Waals surface area contributed by atoms with E-state index in [4.69, 9.17) is 4.74 Å². The number of ether oxygens (including phenoxy) is 1. The molecule has 0 radical (unpaired) electrons. The van der Waals surface area contributed by atoms with Gasteiger partial charge in [0.05, 0.1) is 24.7 Å². The smallest absolute Gasteiger partial charge is 0.291 e. The van der Waals surface area contributed by atoms with Gasteiger partial charge in [0, 0.05) is 12.6 Å². The summed E-state index contributed by atoms with van der Waals surface area (Å²) < 4.78 is 7.30. The van der Waals surface area contributed by atoms with E-state index in [0.29, 0.717) is 30.7 Å². The van der Waals surface area contributed by atoms with Crippen LogP contribution in [0.25, 0.3) is 11.0 Å². The maximum atomic E-state index is 14.0. The number of nitrogens with zero attached hydrogens (tertiary/aromatic N) is 3. The molecule has 3 aromatic rings. The highest BCUT2D eigenvalue weighted by Crippen LogP contribution is 2.34.